The average molecular weight is 282 g/mol. The van der Waals surface area contributed by atoms with E-state index in [0.717, 1.165) is 18.1 Å². The van der Waals surface area contributed by atoms with Gasteiger partial charge in [0, 0.05) is 11.4 Å². The van der Waals surface area contributed by atoms with Crippen LogP contribution in [0.3, 0.4) is 0 Å². The van der Waals surface area contributed by atoms with Crippen LogP contribution in [0, 0.1) is 0 Å². The van der Waals surface area contributed by atoms with Crippen LogP contribution >= 0.6 is 22.9 Å². The monoisotopic (exact) mass is 281 g/mol. The van der Waals surface area contributed by atoms with Gasteiger partial charge in [0.25, 0.3) is 0 Å². The highest BCUT2D eigenvalue weighted by molar-refractivity contribution is 7.20. The van der Waals surface area contributed by atoms with Crippen LogP contribution in [0.1, 0.15) is 43.6 Å². The fourth-order valence-electron chi connectivity index (χ4n) is 2.30. The molecule has 98 valence electrons. The van der Waals surface area contributed by atoms with E-state index >= 15 is 0 Å². The zero-order chi connectivity index (χ0) is 13.1. The van der Waals surface area contributed by atoms with E-state index in [1.807, 2.05) is 23.5 Å². The second-order valence-electron chi connectivity index (χ2n) is 4.89. The number of hydrogen-bond donors (Lipinski definition) is 1. The molecule has 0 spiro atoms. The molecule has 3 heteroatoms. The Kier molecular flexibility index (Phi) is 4.66. The van der Waals surface area contributed by atoms with Crippen molar-refractivity contribution in [3.8, 4) is 0 Å². The standard InChI is InChI=1S/C15H20ClNS/c1-4-8-17-9-13-14(10(2)3)11-6-5-7-12(16)15(11)18-13/h5-7,10,17H,4,8-9H2,1-3H3. The number of nitrogens with one attached hydrogen (secondary N) is 1. The Morgan fingerprint density at radius 2 is 2.11 bits per heavy atom. The summed E-state index contributed by atoms with van der Waals surface area (Å²) in [4.78, 5) is 1.43. The van der Waals surface area contributed by atoms with E-state index in [9.17, 15) is 0 Å². The van der Waals surface area contributed by atoms with E-state index in [0.29, 0.717) is 5.92 Å². The van der Waals surface area contributed by atoms with Crippen LogP contribution in [0.25, 0.3) is 10.1 Å². The second kappa shape index (κ2) is 6.05. The highest BCUT2D eigenvalue weighted by Gasteiger charge is 2.16. The summed E-state index contributed by atoms with van der Waals surface area (Å²) in [6.45, 7) is 8.73. The molecule has 0 saturated carbocycles. The highest BCUT2D eigenvalue weighted by Crippen LogP contribution is 2.39. The van der Waals surface area contributed by atoms with Gasteiger partial charge >= 0.3 is 0 Å². The third kappa shape index (κ3) is 2.71. The van der Waals surface area contributed by atoms with Crippen molar-refractivity contribution in [2.75, 3.05) is 6.54 Å². The summed E-state index contributed by atoms with van der Waals surface area (Å²) in [5.41, 5.74) is 1.46. The quantitative estimate of drug-likeness (QED) is 0.745. The number of halogens is 1. The summed E-state index contributed by atoms with van der Waals surface area (Å²) in [6.07, 6.45) is 1.17. The molecule has 0 saturated heterocycles. The van der Waals surface area contributed by atoms with Crippen LogP contribution in [0.5, 0.6) is 0 Å². The number of benzene rings is 1. The van der Waals surface area contributed by atoms with E-state index in [1.54, 1.807) is 0 Å². The Hall–Kier alpha value is -0.570. The lowest BCUT2D eigenvalue weighted by Crippen LogP contribution is -2.14. The number of hydrogen-bond acceptors (Lipinski definition) is 2. The molecule has 2 aromatic rings. The summed E-state index contributed by atoms with van der Waals surface area (Å²) in [5, 5.41) is 5.70. The molecule has 18 heavy (non-hydrogen) atoms. The molecule has 1 aromatic heterocycles. The smallest absolute Gasteiger partial charge is 0.0584 e. The normalized spacial score (nSPS) is 11.6. The van der Waals surface area contributed by atoms with Gasteiger partial charge in [0.15, 0.2) is 0 Å². The topological polar surface area (TPSA) is 12.0 Å². The van der Waals surface area contributed by atoms with Gasteiger partial charge in [0.1, 0.15) is 0 Å². The first kappa shape index (κ1) is 13.9. The van der Waals surface area contributed by atoms with Crippen LogP contribution < -0.4 is 5.32 Å². The third-order valence-electron chi connectivity index (χ3n) is 3.07. The van der Waals surface area contributed by atoms with Gasteiger partial charge in [-0.2, -0.15) is 0 Å². The van der Waals surface area contributed by atoms with Crippen molar-refractivity contribution in [1.82, 2.24) is 5.32 Å². The minimum atomic E-state index is 0.538. The molecular weight excluding hydrogens is 262 g/mol. The highest BCUT2D eigenvalue weighted by atomic mass is 35.5. The van der Waals surface area contributed by atoms with Gasteiger partial charge < -0.3 is 5.32 Å². The average Bonchev–Trinajstić information content (AvgIpc) is 2.69. The number of rotatable bonds is 5. The molecular formula is C15H20ClNS. The lowest BCUT2D eigenvalue weighted by molar-refractivity contribution is 0.675. The van der Waals surface area contributed by atoms with Crippen molar-refractivity contribution in [2.24, 2.45) is 0 Å². The van der Waals surface area contributed by atoms with E-state index < -0.39 is 0 Å². The molecule has 1 heterocycles. The van der Waals surface area contributed by atoms with Crippen LogP contribution in [0.2, 0.25) is 5.02 Å². The molecule has 2 rings (SSSR count). The molecule has 0 atom stereocenters. The SMILES string of the molecule is CCCNCc1sc2c(Cl)cccc2c1C(C)C. The molecule has 0 fully saturated rings. The molecule has 0 bridgehead atoms. The minimum Gasteiger partial charge on any atom is -0.312 e. The Labute approximate surface area is 118 Å². The van der Waals surface area contributed by atoms with E-state index in [-0.39, 0.29) is 0 Å². The first-order valence-electron chi connectivity index (χ1n) is 6.55. The Morgan fingerprint density at radius 1 is 1.33 bits per heavy atom. The first-order valence-corrected chi connectivity index (χ1v) is 7.75. The summed E-state index contributed by atoms with van der Waals surface area (Å²) >= 11 is 8.13. The molecule has 0 aliphatic rings. The predicted octanol–water partition coefficient (Wildman–Crippen LogP) is 5.18. The van der Waals surface area contributed by atoms with Gasteiger partial charge in [-0.25, -0.2) is 0 Å². The van der Waals surface area contributed by atoms with Crippen LogP contribution in [-0.4, -0.2) is 6.54 Å². The van der Waals surface area contributed by atoms with Crippen LogP contribution in [-0.2, 0) is 6.54 Å². The molecule has 1 nitrogen and oxygen atoms in total. The van der Waals surface area contributed by atoms with Crippen molar-refractivity contribution in [3.63, 3.8) is 0 Å². The predicted molar refractivity (Wildman–Crippen MR) is 82.9 cm³/mol. The van der Waals surface area contributed by atoms with Crippen LogP contribution in [0.4, 0.5) is 0 Å². The fraction of sp³-hybridized carbons (Fsp3) is 0.467. The van der Waals surface area contributed by atoms with Gasteiger partial charge in [0.05, 0.1) is 9.72 Å². The van der Waals surface area contributed by atoms with Crippen molar-refractivity contribution in [3.05, 3.63) is 33.7 Å². The lowest BCUT2D eigenvalue weighted by atomic mass is 9.99. The fourth-order valence-corrected chi connectivity index (χ4v) is 3.92. The zero-order valence-corrected chi connectivity index (χ0v) is 12.8. The van der Waals surface area contributed by atoms with Crippen molar-refractivity contribution in [1.29, 1.82) is 0 Å². The van der Waals surface area contributed by atoms with E-state index in [1.165, 1.54) is 26.9 Å². The molecule has 0 aliphatic heterocycles. The van der Waals surface area contributed by atoms with Gasteiger partial charge in [-0.1, -0.05) is 44.5 Å². The first-order chi connectivity index (χ1) is 8.65. The molecule has 1 aromatic carbocycles. The van der Waals surface area contributed by atoms with Crippen molar-refractivity contribution >= 4 is 33.0 Å². The Morgan fingerprint density at radius 3 is 2.78 bits per heavy atom. The number of thiophene rings is 1. The largest absolute Gasteiger partial charge is 0.312 e. The minimum absolute atomic E-state index is 0.538. The summed E-state index contributed by atoms with van der Waals surface area (Å²) in [7, 11) is 0. The van der Waals surface area contributed by atoms with Gasteiger partial charge in [0.2, 0.25) is 0 Å². The van der Waals surface area contributed by atoms with E-state index in [4.69, 9.17) is 11.6 Å². The lowest BCUT2D eigenvalue weighted by Gasteiger charge is -2.09. The van der Waals surface area contributed by atoms with Gasteiger partial charge in [-0.3, -0.25) is 0 Å². The summed E-state index contributed by atoms with van der Waals surface area (Å²) in [6, 6.07) is 6.22. The molecule has 0 radical (unpaired) electrons. The maximum absolute atomic E-state index is 6.30. The summed E-state index contributed by atoms with van der Waals surface area (Å²) < 4.78 is 1.23. The maximum atomic E-state index is 6.30. The van der Waals surface area contributed by atoms with Crippen LogP contribution in [0.15, 0.2) is 18.2 Å². The Bertz CT molecular complexity index is 531. The van der Waals surface area contributed by atoms with Gasteiger partial charge in [-0.15, -0.1) is 11.3 Å². The van der Waals surface area contributed by atoms with Crippen molar-refractivity contribution < 1.29 is 0 Å². The van der Waals surface area contributed by atoms with Crippen molar-refractivity contribution in [2.45, 2.75) is 39.7 Å². The zero-order valence-electron chi connectivity index (χ0n) is 11.2. The van der Waals surface area contributed by atoms with Gasteiger partial charge in [-0.05, 0) is 35.9 Å². The molecule has 0 amide bonds. The molecule has 1 N–H and O–H groups in total. The summed E-state index contributed by atoms with van der Waals surface area (Å²) in [5.74, 6) is 0.538. The third-order valence-corrected chi connectivity index (χ3v) is 4.75. The second-order valence-corrected chi connectivity index (χ2v) is 6.40. The number of fused-ring (bicyclic) bond motifs is 1. The molecule has 0 aliphatic carbocycles. The molecule has 0 unspecified atom stereocenters. The maximum Gasteiger partial charge on any atom is 0.0584 e. The van der Waals surface area contributed by atoms with E-state index in [2.05, 4.69) is 32.2 Å². The Balaban J connectivity index is 2.44.